The minimum atomic E-state index is -0.827. The topological polar surface area (TPSA) is 75.7 Å². The Kier molecular flexibility index (Phi) is 8.19. The van der Waals surface area contributed by atoms with E-state index in [1.807, 2.05) is 31.2 Å². The molecule has 4 amide bonds. The summed E-state index contributed by atoms with van der Waals surface area (Å²) in [5.74, 6) is -0.847. The van der Waals surface area contributed by atoms with E-state index in [4.69, 9.17) is 16.3 Å². The molecule has 0 aliphatic carbocycles. The molecule has 3 aromatic carbocycles. The molecule has 0 unspecified atom stereocenters. The number of halogens is 4. The predicted molar refractivity (Wildman–Crippen MR) is 156 cm³/mol. The molecule has 0 bridgehead atoms. The fourth-order valence-electron chi connectivity index (χ4n) is 3.32. The number of carbonyl (C=O) groups is 3. The Bertz CT molecular complexity index is 1370. The Labute approximate surface area is 242 Å². The summed E-state index contributed by atoms with van der Waals surface area (Å²) in [6.45, 7) is 2.20. The number of anilines is 1. The van der Waals surface area contributed by atoms with E-state index in [0.717, 1.165) is 23.2 Å². The number of amides is 4. The summed E-state index contributed by atoms with van der Waals surface area (Å²) in [5, 5.41) is 2.63. The van der Waals surface area contributed by atoms with E-state index < -0.39 is 17.8 Å². The first kappa shape index (κ1) is 26.1. The third kappa shape index (κ3) is 5.89. The second kappa shape index (κ2) is 11.0. The van der Waals surface area contributed by atoms with Crippen LogP contribution >= 0.6 is 72.7 Å². The summed E-state index contributed by atoms with van der Waals surface area (Å²) >= 11 is 14.1. The van der Waals surface area contributed by atoms with Gasteiger partial charge in [0, 0.05) is 8.59 Å². The lowest BCUT2D eigenvalue weighted by atomic mass is 10.1. The van der Waals surface area contributed by atoms with Crippen LogP contribution in [0, 0.1) is 14.1 Å². The third-order valence-electron chi connectivity index (χ3n) is 5.14. The molecule has 0 aromatic heterocycles. The number of ether oxygens (including phenoxy) is 1. The zero-order valence-electron chi connectivity index (χ0n) is 18.1. The third-order valence-corrected chi connectivity index (χ3v) is 7.66. The minimum Gasteiger partial charge on any atom is -0.487 e. The Hall–Kier alpha value is -1.96. The number of rotatable bonds is 5. The van der Waals surface area contributed by atoms with Gasteiger partial charge in [-0.15, -0.1) is 0 Å². The van der Waals surface area contributed by atoms with Crippen molar-refractivity contribution in [3.05, 3.63) is 93.5 Å². The molecule has 0 atom stereocenters. The largest absolute Gasteiger partial charge is 0.487 e. The molecule has 4 rings (SSSR count). The van der Waals surface area contributed by atoms with Crippen LogP contribution in [0.2, 0.25) is 5.02 Å². The Morgan fingerprint density at radius 3 is 2.43 bits per heavy atom. The molecule has 0 saturated carbocycles. The van der Waals surface area contributed by atoms with Crippen LogP contribution in [0.15, 0.2) is 64.6 Å². The Balaban J connectivity index is 1.61. The van der Waals surface area contributed by atoms with Gasteiger partial charge < -0.3 is 4.74 Å². The van der Waals surface area contributed by atoms with Crippen LogP contribution in [0.4, 0.5) is 10.5 Å². The van der Waals surface area contributed by atoms with Gasteiger partial charge in [0.05, 0.1) is 13.7 Å². The number of benzene rings is 3. The van der Waals surface area contributed by atoms with Crippen molar-refractivity contribution in [3.63, 3.8) is 0 Å². The zero-order chi connectivity index (χ0) is 25.3. The molecule has 1 fully saturated rings. The van der Waals surface area contributed by atoms with Crippen LogP contribution in [0.1, 0.15) is 16.7 Å². The average molecular weight is 778 g/mol. The smallest absolute Gasteiger partial charge is 0.335 e. The normalized spacial score (nSPS) is 14.9. The molecular formula is C25H16BrClI2N2O4. The van der Waals surface area contributed by atoms with Crippen molar-refractivity contribution < 1.29 is 19.1 Å². The van der Waals surface area contributed by atoms with Gasteiger partial charge in [0.2, 0.25) is 0 Å². The summed E-state index contributed by atoms with van der Waals surface area (Å²) in [6.07, 6.45) is 1.45. The maximum absolute atomic E-state index is 13.2. The van der Waals surface area contributed by atoms with Gasteiger partial charge in [0.25, 0.3) is 11.8 Å². The van der Waals surface area contributed by atoms with Gasteiger partial charge in [-0.05, 0) is 127 Å². The van der Waals surface area contributed by atoms with E-state index in [1.54, 1.807) is 24.3 Å². The molecule has 0 spiro atoms. The monoisotopic (exact) mass is 776 g/mol. The second-order valence-corrected chi connectivity index (χ2v) is 11.3. The van der Waals surface area contributed by atoms with Gasteiger partial charge >= 0.3 is 6.03 Å². The zero-order valence-corrected chi connectivity index (χ0v) is 24.7. The van der Waals surface area contributed by atoms with Gasteiger partial charge in [-0.2, -0.15) is 0 Å². The molecule has 1 heterocycles. The van der Waals surface area contributed by atoms with Crippen molar-refractivity contribution >= 4 is 102 Å². The van der Waals surface area contributed by atoms with Gasteiger partial charge in [-0.3, -0.25) is 14.9 Å². The molecule has 10 heteroatoms. The maximum atomic E-state index is 13.2. The lowest BCUT2D eigenvalue weighted by Crippen LogP contribution is -2.54. The van der Waals surface area contributed by atoms with Crippen molar-refractivity contribution in [1.82, 2.24) is 5.32 Å². The summed E-state index contributed by atoms with van der Waals surface area (Å²) in [7, 11) is 0. The van der Waals surface area contributed by atoms with E-state index >= 15 is 0 Å². The number of carbonyl (C=O) groups excluding carboxylic acids is 3. The highest BCUT2D eigenvalue weighted by Crippen LogP contribution is 2.34. The second-order valence-electron chi connectivity index (χ2n) is 7.62. The quantitative estimate of drug-likeness (QED) is 0.175. The van der Waals surface area contributed by atoms with E-state index in [9.17, 15) is 14.4 Å². The summed E-state index contributed by atoms with van der Waals surface area (Å²) in [4.78, 5) is 39.0. The molecule has 1 saturated heterocycles. The molecule has 1 aliphatic heterocycles. The maximum Gasteiger partial charge on any atom is 0.335 e. The number of hydrogen-bond acceptors (Lipinski definition) is 4. The molecule has 1 N–H and O–H groups in total. The van der Waals surface area contributed by atoms with Crippen molar-refractivity contribution in [2.45, 2.75) is 13.5 Å². The molecule has 3 aromatic rings. The van der Waals surface area contributed by atoms with Crippen molar-refractivity contribution in [1.29, 1.82) is 0 Å². The minimum absolute atomic E-state index is 0.170. The molecule has 1 aliphatic rings. The highest BCUT2D eigenvalue weighted by atomic mass is 127. The molecular weight excluding hydrogens is 761 g/mol. The van der Waals surface area contributed by atoms with Gasteiger partial charge in [-0.1, -0.05) is 29.8 Å². The van der Waals surface area contributed by atoms with Crippen LogP contribution in [-0.2, 0) is 16.2 Å². The SMILES string of the molecule is Cc1ccc(N2C(=O)NC(=O)/C(=C/c3cc(Br)c(OCc4ccc(I)cc4)c(I)c3)C2=O)cc1Cl. The van der Waals surface area contributed by atoms with Crippen molar-refractivity contribution in [2.24, 2.45) is 0 Å². The van der Waals surface area contributed by atoms with E-state index in [0.29, 0.717) is 27.4 Å². The van der Waals surface area contributed by atoms with Crippen molar-refractivity contribution in [3.8, 4) is 5.75 Å². The van der Waals surface area contributed by atoms with E-state index in [-0.39, 0.29) is 11.3 Å². The molecule has 178 valence electrons. The highest BCUT2D eigenvalue weighted by molar-refractivity contribution is 14.1. The number of barbiturate groups is 1. The summed E-state index contributed by atoms with van der Waals surface area (Å²) in [5.41, 5.74) is 2.53. The van der Waals surface area contributed by atoms with Gasteiger partial charge in [-0.25, -0.2) is 9.69 Å². The highest BCUT2D eigenvalue weighted by Gasteiger charge is 2.37. The van der Waals surface area contributed by atoms with Gasteiger partial charge in [0.1, 0.15) is 17.9 Å². The number of imide groups is 2. The van der Waals surface area contributed by atoms with Crippen LogP contribution in [0.3, 0.4) is 0 Å². The summed E-state index contributed by atoms with van der Waals surface area (Å²) in [6, 6.07) is 15.6. The number of aryl methyl sites for hydroxylation is 1. The van der Waals surface area contributed by atoms with Crippen LogP contribution in [-0.4, -0.2) is 17.8 Å². The number of nitrogens with one attached hydrogen (secondary N) is 1. The van der Waals surface area contributed by atoms with Crippen LogP contribution in [0.5, 0.6) is 5.75 Å². The lowest BCUT2D eigenvalue weighted by molar-refractivity contribution is -0.122. The Morgan fingerprint density at radius 1 is 1.06 bits per heavy atom. The fraction of sp³-hybridized carbons (Fsp3) is 0.0800. The molecule has 6 nitrogen and oxygen atoms in total. The lowest BCUT2D eigenvalue weighted by Gasteiger charge is -2.26. The first-order valence-electron chi connectivity index (χ1n) is 10.2. The predicted octanol–water partition coefficient (Wildman–Crippen LogP) is 6.87. The molecule has 35 heavy (non-hydrogen) atoms. The Morgan fingerprint density at radius 2 is 1.77 bits per heavy atom. The number of hydrogen-bond donors (Lipinski definition) is 1. The fourth-order valence-corrected chi connectivity index (χ4v) is 5.62. The standard InChI is InChI=1S/C25H16BrClI2N2O4/c1-13-2-7-17(11-20(13)27)31-24(33)18(23(32)30-25(31)34)8-15-9-19(26)22(21(29)10-15)35-12-14-3-5-16(28)6-4-14/h2-11H,12H2,1H3,(H,30,32,34)/b18-8-. The first-order valence-corrected chi connectivity index (χ1v) is 13.5. The van der Waals surface area contributed by atoms with Gasteiger partial charge in [0.15, 0.2) is 0 Å². The van der Waals surface area contributed by atoms with E-state index in [2.05, 4.69) is 66.4 Å². The molecule has 0 radical (unpaired) electrons. The average Bonchev–Trinajstić information content (AvgIpc) is 2.79. The first-order chi connectivity index (χ1) is 16.6. The number of urea groups is 1. The number of nitrogens with zero attached hydrogens (tertiary/aromatic N) is 1. The summed E-state index contributed by atoms with van der Waals surface area (Å²) < 4.78 is 8.60. The van der Waals surface area contributed by atoms with E-state index in [1.165, 1.54) is 12.1 Å². The van der Waals surface area contributed by atoms with Crippen molar-refractivity contribution in [2.75, 3.05) is 4.90 Å². The van der Waals surface area contributed by atoms with Crippen LogP contribution < -0.4 is 15.0 Å². The van der Waals surface area contributed by atoms with Crippen LogP contribution in [0.25, 0.3) is 6.08 Å².